The van der Waals surface area contributed by atoms with Crippen LogP contribution in [0.15, 0.2) is 18.2 Å². The van der Waals surface area contributed by atoms with Gasteiger partial charge in [-0.3, -0.25) is 4.79 Å². The van der Waals surface area contributed by atoms with Crippen LogP contribution in [0.1, 0.15) is 17.5 Å². The molecule has 0 saturated heterocycles. The highest BCUT2D eigenvalue weighted by molar-refractivity contribution is 5.70. The maximum Gasteiger partial charge on any atom is 0.315 e. The van der Waals surface area contributed by atoms with Gasteiger partial charge in [0, 0.05) is 5.56 Å². The van der Waals surface area contributed by atoms with Crippen LogP contribution in [0, 0.1) is 29.0 Å². The molecule has 3 nitrogen and oxygen atoms in total. The van der Waals surface area contributed by atoms with E-state index in [9.17, 15) is 9.18 Å². The summed E-state index contributed by atoms with van der Waals surface area (Å²) < 4.78 is 12.9. The van der Waals surface area contributed by atoms with Gasteiger partial charge in [0.2, 0.25) is 0 Å². The summed E-state index contributed by atoms with van der Waals surface area (Å²) >= 11 is 0. The SMILES string of the molecule is N#Cc1cc(F)cc(C#CCC(=O)O)c1. The maximum absolute atomic E-state index is 12.9. The number of nitrogens with zero attached hydrogens (tertiary/aromatic N) is 1. The van der Waals surface area contributed by atoms with Crippen LogP contribution in [0.4, 0.5) is 4.39 Å². The van der Waals surface area contributed by atoms with Crippen molar-refractivity contribution >= 4 is 5.97 Å². The van der Waals surface area contributed by atoms with Gasteiger partial charge in [-0.25, -0.2) is 4.39 Å². The number of carboxylic acid groups (broad SMARTS) is 1. The third kappa shape index (κ3) is 3.50. The summed E-state index contributed by atoms with van der Waals surface area (Å²) in [7, 11) is 0. The van der Waals surface area contributed by atoms with Crippen LogP contribution < -0.4 is 0 Å². The monoisotopic (exact) mass is 203 g/mol. The standard InChI is InChI=1S/C11H6FNO2/c12-10-5-8(2-1-3-11(14)15)4-9(6-10)7-13/h4-6H,3H2,(H,14,15). The molecule has 1 rings (SSSR count). The van der Waals surface area contributed by atoms with Gasteiger partial charge in [-0.2, -0.15) is 5.26 Å². The van der Waals surface area contributed by atoms with E-state index in [1.807, 2.05) is 0 Å². The van der Waals surface area contributed by atoms with Gasteiger partial charge in [-0.1, -0.05) is 11.8 Å². The molecule has 0 heterocycles. The Balaban J connectivity index is 2.94. The minimum absolute atomic E-state index is 0.162. The number of hydrogen-bond donors (Lipinski definition) is 1. The molecular formula is C11H6FNO2. The topological polar surface area (TPSA) is 61.1 Å². The maximum atomic E-state index is 12.9. The third-order valence-corrected chi connectivity index (χ3v) is 1.50. The minimum Gasteiger partial charge on any atom is -0.481 e. The van der Waals surface area contributed by atoms with Gasteiger partial charge in [-0.05, 0) is 18.2 Å². The van der Waals surface area contributed by atoms with Crippen LogP contribution >= 0.6 is 0 Å². The lowest BCUT2D eigenvalue weighted by Gasteiger charge is -1.92. The Morgan fingerprint density at radius 1 is 1.40 bits per heavy atom. The molecule has 0 spiro atoms. The number of rotatable bonds is 1. The highest BCUT2D eigenvalue weighted by atomic mass is 19.1. The molecule has 74 valence electrons. The van der Waals surface area contributed by atoms with Crippen LogP contribution in [-0.2, 0) is 4.79 Å². The normalized spacial score (nSPS) is 8.53. The molecule has 0 aliphatic heterocycles. The third-order valence-electron chi connectivity index (χ3n) is 1.50. The molecule has 1 aromatic carbocycles. The van der Waals surface area contributed by atoms with Gasteiger partial charge in [0.1, 0.15) is 12.2 Å². The number of carboxylic acids is 1. The van der Waals surface area contributed by atoms with Crippen molar-refractivity contribution in [1.29, 1.82) is 5.26 Å². The predicted octanol–water partition coefficient (Wildman–Crippen LogP) is 1.52. The summed E-state index contributed by atoms with van der Waals surface area (Å²) in [6.07, 6.45) is -0.307. The van der Waals surface area contributed by atoms with Crippen LogP contribution in [0.2, 0.25) is 0 Å². The smallest absolute Gasteiger partial charge is 0.315 e. The zero-order chi connectivity index (χ0) is 11.3. The Morgan fingerprint density at radius 2 is 2.07 bits per heavy atom. The number of hydrogen-bond acceptors (Lipinski definition) is 2. The van der Waals surface area contributed by atoms with Crippen molar-refractivity contribution in [3.05, 3.63) is 35.1 Å². The summed E-state index contributed by atoms with van der Waals surface area (Å²) in [6.45, 7) is 0. The van der Waals surface area contributed by atoms with E-state index in [2.05, 4.69) is 11.8 Å². The van der Waals surface area contributed by atoms with Crippen molar-refractivity contribution in [3.8, 4) is 17.9 Å². The van der Waals surface area contributed by atoms with Crippen LogP contribution in [0.25, 0.3) is 0 Å². The Kier molecular flexibility index (Phi) is 3.43. The second kappa shape index (κ2) is 4.78. The lowest BCUT2D eigenvalue weighted by molar-refractivity contribution is -0.135. The molecule has 0 unspecified atom stereocenters. The fraction of sp³-hybridized carbons (Fsp3) is 0.0909. The van der Waals surface area contributed by atoms with Crippen molar-refractivity contribution in [2.24, 2.45) is 0 Å². The van der Waals surface area contributed by atoms with Gasteiger partial charge in [0.15, 0.2) is 0 Å². The number of nitriles is 1. The average Bonchev–Trinajstić information content (AvgIpc) is 2.16. The van der Waals surface area contributed by atoms with E-state index in [4.69, 9.17) is 10.4 Å². The lowest BCUT2D eigenvalue weighted by atomic mass is 10.1. The van der Waals surface area contributed by atoms with Crippen molar-refractivity contribution in [2.45, 2.75) is 6.42 Å². The van der Waals surface area contributed by atoms with Gasteiger partial charge < -0.3 is 5.11 Å². The fourth-order valence-corrected chi connectivity index (χ4v) is 0.948. The predicted molar refractivity (Wildman–Crippen MR) is 50.2 cm³/mol. The van der Waals surface area contributed by atoms with Crippen molar-refractivity contribution in [3.63, 3.8) is 0 Å². The zero-order valence-electron chi connectivity index (χ0n) is 7.62. The molecular weight excluding hydrogens is 197 g/mol. The second-order valence-electron chi connectivity index (χ2n) is 2.71. The highest BCUT2D eigenvalue weighted by Crippen LogP contribution is 2.07. The summed E-state index contributed by atoms with van der Waals surface area (Å²) in [5.41, 5.74) is 0.461. The number of aliphatic carboxylic acids is 1. The van der Waals surface area contributed by atoms with E-state index >= 15 is 0 Å². The quantitative estimate of drug-likeness (QED) is 0.704. The number of carbonyl (C=O) groups is 1. The zero-order valence-corrected chi connectivity index (χ0v) is 7.62. The molecule has 0 radical (unpaired) electrons. The molecule has 0 aliphatic carbocycles. The Hall–Kier alpha value is -2.33. The fourth-order valence-electron chi connectivity index (χ4n) is 0.948. The Morgan fingerprint density at radius 3 is 2.67 bits per heavy atom. The van der Waals surface area contributed by atoms with Gasteiger partial charge in [0.05, 0.1) is 11.6 Å². The largest absolute Gasteiger partial charge is 0.481 e. The Bertz CT molecular complexity index is 492. The summed E-state index contributed by atoms with van der Waals surface area (Å²) in [4.78, 5) is 10.2. The van der Waals surface area contributed by atoms with Gasteiger partial charge in [0.25, 0.3) is 0 Å². The average molecular weight is 203 g/mol. The Labute approximate surface area is 85.8 Å². The molecule has 15 heavy (non-hydrogen) atoms. The second-order valence-corrected chi connectivity index (χ2v) is 2.71. The molecule has 1 N–H and O–H groups in total. The van der Waals surface area contributed by atoms with E-state index < -0.39 is 11.8 Å². The minimum atomic E-state index is -1.04. The molecule has 0 amide bonds. The molecule has 0 saturated carbocycles. The molecule has 1 aromatic rings. The van der Waals surface area contributed by atoms with Crippen molar-refractivity contribution < 1.29 is 14.3 Å². The van der Waals surface area contributed by atoms with E-state index in [-0.39, 0.29) is 12.0 Å². The lowest BCUT2D eigenvalue weighted by Crippen LogP contribution is -1.90. The van der Waals surface area contributed by atoms with Crippen LogP contribution in [-0.4, -0.2) is 11.1 Å². The van der Waals surface area contributed by atoms with Crippen molar-refractivity contribution in [1.82, 2.24) is 0 Å². The first-order chi connectivity index (χ1) is 7.11. The number of benzene rings is 1. The van der Waals surface area contributed by atoms with E-state index in [1.165, 1.54) is 6.07 Å². The van der Waals surface area contributed by atoms with E-state index in [0.29, 0.717) is 5.56 Å². The van der Waals surface area contributed by atoms with Crippen molar-refractivity contribution in [2.75, 3.05) is 0 Å². The van der Waals surface area contributed by atoms with Gasteiger partial charge >= 0.3 is 5.97 Å². The van der Waals surface area contributed by atoms with E-state index in [0.717, 1.165) is 12.1 Å². The summed E-state index contributed by atoms with van der Waals surface area (Å²) in [5.74, 6) is 3.22. The highest BCUT2D eigenvalue weighted by Gasteiger charge is 1.97. The molecule has 0 aliphatic rings. The molecule has 0 bridgehead atoms. The first kappa shape index (κ1) is 10.7. The van der Waals surface area contributed by atoms with Gasteiger partial charge in [-0.15, -0.1) is 0 Å². The molecule has 4 heteroatoms. The van der Waals surface area contributed by atoms with Crippen LogP contribution in [0.5, 0.6) is 0 Å². The molecule has 0 fully saturated rings. The van der Waals surface area contributed by atoms with Crippen LogP contribution in [0.3, 0.4) is 0 Å². The first-order valence-corrected chi connectivity index (χ1v) is 4.03. The molecule has 0 aromatic heterocycles. The summed E-state index contributed by atoms with van der Waals surface area (Å²) in [5, 5.41) is 16.9. The summed E-state index contributed by atoms with van der Waals surface area (Å²) in [6, 6.07) is 5.42. The molecule has 0 atom stereocenters. The first-order valence-electron chi connectivity index (χ1n) is 4.03. The number of halogens is 1. The van der Waals surface area contributed by atoms with E-state index in [1.54, 1.807) is 6.07 Å².